The molecule has 0 saturated carbocycles. The van der Waals surface area contributed by atoms with Crippen LogP contribution in [0.25, 0.3) is 0 Å². The maximum atomic E-state index is 13.9. The van der Waals surface area contributed by atoms with Crippen molar-refractivity contribution in [2.75, 3.05) is 33.7 Å². The highest BCUT2D eigenvalue weighted by Gasteiger charge is 2.44. The average molecular weight is 538 g/mol. The summed E-state index contributed by atoms with van der Waals surface area (Å²) in [6.07, 6.45) is 0.179. The van der Waals surface area contributed by atoms with E-state index in [-0.39, 0.29) is 40.8 Å². The molecule has 11 heteroatoms. The number of hydrogen-bond donors (Lipinski definition) is 2. The lowest BCUT2D eigenvalue weighted by Gasteiger charge is -2.28. The lowest BCUT2D eigenvalue weighted by atomic mass is 9.96. The van der Waals surface area contributed by atoms with Crippen molar-refractivity contribution in [1.82, 2.24) is 15.5 Å². The van der Waals surface area contributed by atoms with Crippen molar-refractivity contribution in [2.45, 2.75) is 53.5 Å². The minimum Gasteiger partial charge on any atom is -0.496 e. The van der Waals surface area contributed by atoms with E-state index in [4.69, 9.17) is 9.26 Å². The largest absolute Gasteiger partial charge is 0.496 e. The molecule has 0 radical (unpaired) electrons. The molecular weight excluding hydrogens is 497 g/mol. The van der Waals surface area contributed by atoms with Gasteiger partial charge in [-0.1, -0.05) is 33.8 Å². The summed E-state index contributed by atoms with van der Waals surface area (Å²) >= 11 is 0. The van der Waals surface area contributed by atoms with Gasteiger partial charge in [0, 0.05) is 26.2 Å². The summed E-state index contributed by atoms with van der Waals surface area (Å²) in [4.78, 5) is 53.0. The van der Waals surface area contributed by atoms with Gasteiger partial charge in [-0.15, -0.1) is 0 Å². The van der Waals surface area contributed by atoms with Crippen LogP contribution < -0.4 is 15.4 Å². The van der Waals surface area contributed by atoms with Crippen LogP contribution >= 0.6 is 7.37 Å². The molecular formula is C26H40N3O7P. The molecule has 206 valence electrons. The Hall–Kier alpha value is -2.71. The monoisotopic (exact) mass is 537 g/mol. The highest BCUT2D eigenvalue weighted by atomic mass is 31.2. The van der Waals surface area contributed by atoms with Gasteiger partial charge in [0.25, 0.3) is 11.8 Å². The Bertz CT molecular complexity index is 1090. The van der Waals surface area contributed by atoms with Crippen LogP contribution in [0.5, 0.6) is 5.75 Å². The third kappa shape index (κ3) is 7.20. The number of ether oxygens (including phenoxy) is 1. The van der Waals surface area contributed by atoms with Gasteiger partial charge in [-0.25, -0.2) is 0 Å². The van der Waals surface area contributed by atoms with Crippen molar-refractivity contribution in [3.05, 3.63) is 28.8 Å². The van der Waals surface area contributed by atoms with Crippen LogP contribution in [-0.4, -0.2) is 68.3 Å². The normalized spacial score (nSPS) is 16.4. The van der Waals surface area contributed by atoms with Gasteiger partial charge in [-0.3, -0.25) is 28.6 Å². The molecule has 1 aliphatic rings. The number of methoxy groups -OCH3 is 1. The van der Waals surface area contributed by atoms with Crippen LogP contribution in [0.2, 0.25) is 0 Å². The number of carbonyl (C=O) groups excluding carboxylic acids is 4. The van der Waals surface area contributed by atoms with Crippen LogP contribution in [0, 0.1) is 24.7 Å². The maximum Gasteiger partial charge on any atom is 0.265 e. The topological polar surface area (TPSA) is 131 Å². The SMILES string of the molecule is CNC(=O)[C@H](CC(C)C)NC(=O)C(CC(C)C)CP(=O)(CN1C(=O)c2c(C)ccc(OC)c2C1=O)OC. The molecule has 1 heterocycles. The molecule has 3 atom stereocenters. The van der Waals surface area contributed by atoms with Crippen LogP contribution in [-0.2, 0) is 18.7 Å². The summed E-state index contributed by atoms with van der Waals surface area (Å²) in [5.74, 6) is -2.17. The number of rotatable bonds is 13. The van der Waals surface area contributed by atoms with Gasteiger partial charge >= 0.3 is 0 Å². The maximum absolute atomic E-state index is 13.9. The number of benzene rings is 1. The summed E-state index contributed by atoms with van der Waals surface area (Å²) in [5.41, 5.74) is 0.950. The Morgan fingerprint density at radius 1 is 0.973 bits per heavy atom. The van der Waals surface area contributed by atoms with Gasteiger partial charge in [0.2, 0.25) is 19.2 Å². The number of nitrogens with zero attached hydrogens (tertiary/aromatic N) is 1. The van der Waals surface area contributed by atoms with Crippen molar-refractivity contribution in [2.24, 2.45) is 17.8 Å². The van der Waals surface area contributed by atoms with E-state index in [1.54, 1.807) is 19.1 Å². The van der Waals surface area contributed by atoms with Crippen molar-refractivity contribution in [3.63, 3.8) is 0 Å². The zero-order valence-corrected chi connectivity index (χ0v) is 23.9. The standard InChI is InChI=1S/C26H40N3O7P/c1-15(2)11-18(23(30)28-19(12-16(3)4)24(31)27-6)13-37(34,36-8)14-29-25(32)21-17(5)9-10-20(35-7)22(21)26(29)33/h9-10,15-16,18-19H,11-14H2,1-8H3,(H,27,31)(H,28,30)/t18?,19-,37?/m0/s1. The van der Waals surface area contributed by atoms with Crippen molar-refractivity contribution in [3.8, 4) is 5.75 Å². The number of hydrogen-bond acceptors (Lipinski definition) is 7. The zero-order chi connectivity index (χ0) is 28.1. The van der Waals surface area contributed by atoms with Crippen LogP contribution in [0.4, 0.5) is 0 Å². The summed E-state index contributed by atoms with van der Waals surface area (Å²) in [7, 11) is 0.488. The minimum absolute atomic E-state index is 0.0795. The number of aryl methyl sites for hydroxylation is 1. The van der Waals surface area contributed by atoms with E-state index in [2.05, 4.69) is 10.6 Å². The molecule has 0 aliphatic carbocycles. The number of carbonyl (C=O) groups is 4. The summed E-state index contributed by atoms with van der Waals surface area (Å²) < 4.78 is 24.6. The van der Waals surface area contributed by atoms with Crippen LogP contribution in [0.3, 0.4) is 0 Å². The predicted octanol–water partition coefficient (Wildman–Crippen LogP) is 3.42. The smallest absolute Gasteiger partial charge is 0.265 e. The fourth-order valence-corrected chi connectivity index (χ4v) is 6.63. The van der Waals surface area contributed by atoms with Gasteiger partial charge < -0.3 is 19.9 Å². The summed E-state index contributed by atoms with van der Waals surface area (Å²) in [6.45, 7) is 9.48. The number of nitrogens with one attached hydrogen (secondary N) is 2. The molecule has 1 aromatic carbocycles. The molecule has 1 aromatic rings. The highest BCUT2D eigenvalue weighted by Crippen LogP contribution is 2.50. The van der Waals surface area contributed by atoms with E-state index in [0.717, 1.165) is 4.90 Å². The van der Waals surface area contributed by atoms with E-state index in [9.17, 15) is 23.7 Å². The van der Waals surface area contributed by atoms with Crippen molar-refractivity contribution >= 4 is 31.0 Å². The molecule has 2 N–H and O–H groups in total. The molecule has 0 saturated heterocycles. The first-order valence-electron chi connectivity index (χ1n) is 12.5. The Labute approximate surface area is 219 Å². The first-order valence-corrected chi connectivity index (χ1v) is 14.5. The van der Waals surface area contributed by atoms with Gasteiger partial charge in [-0.2, -0.15) is 0 Å². The average Bonchev–Trinajstić information content (AvgIpc) is 3.08. The van der Waals surface area contributed by atoms with E-state index in [1.807, 2.05) is 27.7 Å². The Balaban J connectivity index is 2.32. The first kappa shape index (κ1) is 30.5. The van der Waals surface area contributed by atoms with Gasteiger partial charge in [0.05, 0.1) is 18.2 Å². The summed E-state index contributed by atoms with van der Waals surface area (Å²) in [6, 6.07) is 2.56. The molecule has 0 spiro atoms. The number of fused-ring (bicyclic) bond motifs is 1. The Morgan fingerprint density at radius 3 is 2.08 bits per heavy atom. The third-order valence-electron chi connectivity index (χ3n) is 6.41. The number of imide groups is 1. The fourth-order valence-electron chi connectivity index (χ4n) is 4.58. The predicted molar refractivity (Wildman–Crippen MR) is 141 cm³/mol. The molecule has 4 amide bonds. The molecule has 0 aromatic heterocycles. The van der Waals surface area contributed by atoms with E-state index < -0.39 is 43.3 Å². The molecule has 2 unspecified atom stereocenters. The molecule has 2 rings (SSSR count). The Morgan fingerprint density at radius 2 is 1.57 bits per heavy atom. The van der Waals surface area contributed by atoms with Gasteiger partial charge in [0.1, 0.15) is 18.1 Å². The van der Waals surface area contributed by atoms with Crippen molar-refractivity contribution < 1.29 is 33.0 Å². The lowest BCUT2D eigenvalue weighted by Crippen LogP contribution is -2.49. The van der Waals surface area contributed by atoms with Crippen LogP contribution in [0.15, 0.2) is 12.1 Å². The van der Waals surface area contributed by atoms with Gasteiger partial charge in [-0.05, 0) is 43.2 Å². The van der Waals surface area contributed by atoms with Crippen LogP contribution in [0.1, 0.15) is 66.8 Å². The van der Waals surface area contributed by atoms with E-state index >= 15 is 0 Å². The summed E-state index contributed by atoms with van der Waals surface area (Å²) in [5, 5.41) is 5.38. The molecule has 0 bridgehead atoms. The third-order valence-corrected chi connectivity index (χ3v) is 8.79. The minimum atomic E-state index is -3.68. The van der Waals surface area contributed by atoms with Gasteiger partial charge in [0.15, 0.2) is 0 Å². The van der Waals surface area contributed by atoms with E-state index in [0.29, 0.717) is 18.4 Å². The molecule has 10 nitrogen and oxygen atoms in total. The quantitative estimate of drug-likeness (QED) is 0.291. The zero-order valence-electron chi connectivity index (χ0n) is 23.0. The second-order valence-electron chi connectivity index (χ2n) is 10.3. The van der Waals surface area contributed by atoms with E-state index in [1.165, 1.54) is 21.3 Å². The lowest BCUT2D eigenvalue weighted by molar-refractivity contribution is -0.131. The van der Waals surface area contributed by atoms with Crippen molar-refractivity contribution in [1.29, 1.82) is 0 Å². The highest BCUT2D eigenvalue weighted by molar-refractivity contribution is 7.59. The number of likely N-dealkylation sites (N-methyl/N-ethyl adjacent to an activating group) is 1. The fraction of sp³-hybridized carbons (Fsp3) is 0.615. The molecule has 0 fully saturated rings. The first-order chi connectivity index (χ1) is 17.3. The second-order valence-corrected chi connectivity index (χ2v) is 13.0. The number of amides is 4. The Kier molecular flexibility index (Phi) is 10.5. The molecule has 37 heavy (non-hydrogen) atoms. The molecule has 1 aliphatic heterocycles. The second kappa shape index (κ2) is 12.7.